The number of aliphatic hydroxyl groups excluding tert-OH is 1. The number of nitrogens with zero attached hydrogens (tertiary/aromatic N) is 2. The Kier molecular flexibility index (Phi) is 8.80. The molecule has 4 N–H and O–H groups in total. The standard InChI is InChI=1S/C33H35F2N5O2/c1-18(2)38-31-15-24(8-12-28(31)34)16-36-33(42)19(3)14-32(40-22(6)29(35)17-37-40)21(5)39-30-13-11-26-20(4)25(23(7)41)9-10-27(26)30/h8-10,12,14-15,17,30,38-39,41H,1,3,5,7,11,13,16H2,2,4,6H3,(H,36,42)/b32-14-. The first-order valence-corrected chi connectivity index (χ1v) is 13.4. The molecule has 1 atom stereocenters. The summed E-state index contributed by atoms with van der Waals surface area (Å²) in [6.07, 6.45) is 4.17. The number of carbonyl (C=O) groups excluding carboxylic acids is 1. The largest absolute Gasteiger partial charge is 0.508 e. The Hall–Kier alpha value is -4.92. The number of fused-ring (bicyclic) bond motifs is 1. The lowest BCUT2D eigenvalue weighted by atomic mass is 9.97. The zero-order chi connectivity index (χ0) is 30.7. The smallest absolute Gasteiger partial charge is 0.251 e. The third-order valence-electron chi connectivity index (χ3n) is 7.27. The summed E-state index contributed by atoms with van der Waals surface area (Å²) >= 11 is 0. The molecule has 218 valence electrons. The quantitative estimate of drug-likeness (QED) is 0.116. The van der Waals surface area contributed by atoms with Gasteiger partial charge in [-0.3, -0.25) is 4.79 Å². The molecule has 4 rings (SSSR count). The summed E-state index contributed by atoms with van der Waals surface area (Å²) in [4.78, 5) is 13.0. The summed E-state index contributed by atoms with van der Waals surface area (Å²) in [5, 5.41) is 23.1. The third-order valence-corrected chi connectivity index (χ3v) is 7.27. The molecule has 42 heavy (non-hydrogen) atoms. The second-order valence-electron chi connectivity index (χ2n) is 10.4. The molecule has 0 saturated carbocycles. The van der Waals surface area contributed by atoms with Gasteiger partial charge in [0.15, 0.2) is 5.82 Å². The van der Waals surface area contributed by atoms with E-state index in [1.54, 1.807) is 26.0 Å². The Labute approximate surface area is 244 Å². The maximum absolute atomic E-state index is 14.3. The van der Waals surface area contributed by atoms with Gasteiger partial charge in [-0.05, 0) is 74.1 Å². The molecule has 1 heterocycles. The van der Waals surface area contributed by atoms with Crippen LogP contribution < -0.4 is 16.0 Å². The van der Waals surface area contributed by atoms with E-state index >= 15 is 0 Å². The van der Waals surface area contributed by atoms with E-state index in [1.165, 1.54) is 16.8 Å². The number of allylic oxidation sites excluding steroid dienone is 2. The number of hydrogen-bond acceptors (Lipinski definition) is 5. The molecule has 1 unspecified atom stereocenters. The van der Waals surface area contributed by atoms with E-state index in [4.69, 9.17) is 0 Å². The van der Waals surface area contributed by atoms with Crippen molar-refractivity contribution in [3.05, 3.63) is 131 Å². The van der Waals surface area contributed by atoms with Gasteiger partial charge in [0.05, 0.1) is 35.0 Å². The number of rotatable bonds is 11. The SMILES string of the molecule is C=C(C)Nc1cc(CNC(=O)C(=C)/C=C(/C(=C)NC2CCc3c2ccc(C(=C)O)c3C)n2ncc(F)c2C)ccc1F. The maximum atomic E-state index is 14.3. The predicted molar refractivity (Wildman–Crippen MR) is 163 cm³/mol. The first-order chi connectivity index (χ1) is 19.9. The average molecular weight is 572 g/mol. The van der Waals surface area contributed by atoms with Crippen molar-refractivity contribution in [1.82, 2.24) is 20.4 Å². The Morgan fingerprint density at radius 3 is 2.52 bits per heavy atom. The van der Waals surface area contributed by atoms with E-state index in [1.807, 2.05) is 19.1 Å². The van der Waals surface area contributed by atoms with Crippen molar-refractivity contribution in [1.29, 1.82) is 0 Å². The second-order valence-corrected chi connectivity index (χ2v) is 10.4. The molecular formula is C33H35F2N5O2. The van der Waals surface area contributed by atoms with Crippen LogP contribution in [0.4, 0.5) is 14.5 Å². The van der Waals surface area contributed by atoms with Crippen LogP contribution >= 0.6 is 0 Å². The molecule has 0 bridgehead atoms. The molecule has 1 amide bonds. The lowest BCUT2D eigenvalue weighted by Gasteiger charge is -2.21. The van der Waals surface area contributed by atoms with Gasteiger partial charge in [-0.1, -0.05) is 44.5 Å². The van der Waals surface area contributed by atoms with Crippen molar-refractivity contribution in [2.24, 2.45) is 0 Å². The minimum Gasteiger partial charge on any atom is -0.508 e. The zero-order valence-corrected chi connectivity index (χ0v) is 24.1. The predicted octanol–water partition coefficient (Wildman–Crippen LogP) is 6.76. The number of halogens is 2. The van der Waals surface area contributed by atoms with E-state index < -0.39 is 17.5 Å². The molecule has 7 nitrogen and oxygen atoms in total. The second kappa shape index (κ2) is 12.3. The van der Waals surface area contributed by atoms with Crippen LogP contribution in [0, 0.1) is 25.5 Å². The molecular weight excluding hydrogens is 536 g/mol. The van der Waals surface area contributed by atoms with Crippen LogP contribution in [0.1, 0.15) is 52.9 Å². The summed E-state index contributed by atoms with van der Waals surface area (Å²) < 4.78 is 29.8. The maximum Gasteiger partial charge on any atom is 0.251 e. The molecule has 0 saturated heterocycles. The Balaban J connectivity index is 1.55. The highest BCUT2D eigenvalue weighted by Gasteiger charge is 2.27. The van der Waals surface area contributed by atoms with Crippen molar-refractivity contribution in [3.8, 4) is 0 Å². The summed E-state index contributed by atoms with van der Waals surface area (Å²) in [7, 11) is 0. The minimum absolute atomic E-state index is 0.0257. The number of nitrogens with one attached hydrogen (secondary N) is 3. The summed E-state index contributed by atoms with van der Waals surface area (Å²) in [6, 6.07) is 8.18. The lowest BCUT2D eigenvalue weighted by Crippen LogP contribution is -2.25. The fourth-order valence-electron chi connectivity index (χ4n) is 5.07. The van der Waals surface area contributed by atoms with E-state index in [2.05, 4.69) is 47.4 Å². The molecule has 1 aromatic heterocycles. The molecule has 0 aliphatic heterocycles. The van der Waals surface area contributed by atoms with E-state index in [9.17, 15) is 18.7 Å². The van der Waals surface area contributed by atoms with Crippen LogP contribution in [0.15, 0.2) is 85.9 Å². The number of carbonyl (C=O) groups is 1. The Morgan fingerprint density at radius 1 is 1.14 bits per heavy atom. The molecule has 1 aliphatic rings. The first-order valence-electron chi connectivity index (χ1n) is 13.4. The summed E-state index contributed by atoms with van der Waals surface area (Å²) in [5.41, 5.74) is 6.52. The molecule has 0 fully saturated rings. The average Bonchev–Trinajstić information content (AvgIpc) is 3.49. The molecule has 2 aromatic carbocycles. The molecule has 0 spiro atoms. The van der Waals surface area contributed by atoms with Crippen molar-refractivity contribution in [2.75, 3.05) is 5.32 Å². The summed E-state index contributed by atoms with van der Waals surface area (Å²) in [6.45, 7) is 20.9. The van der Waals surface area contributed by atoms with E-state index in [0.717, 1.165) is 35.7 Å². The monoisotopic (exact) mass is 571 g/mol. The van der Waals surface area contributed by atoms with Gasteiger partial charge >= 0.3 is 0 Å². The Bertz CT molecular complexity index is 1650. The van der Waals surface area contributed by atoms with E-state index in [0.29, 0.717) is 28.2 Å². The normalized spacial score (nSPS) is 14.2. The number of hydrogen-bond donors (Lipinski definition) is 4. The molecule has 3 aromatic rings. The van der Waals surface area contributed by atoms with Gasteiger partial charge < -0.3 is 21.1 Å². The van der Waals surface area contributed by atoms with Crippen LogP contribution in [-0.2, 0) is 17.8 Å². The number of aromatic nitrogens is 2. The fourth-order valence-corrected chi connectivity index (χ4v) is 5.07. The van der Waals surface area contributed by atoms with E-state index in [-0.39, 0.29) is 35.3 Å². The van der Waals surface area contributed by atoms with Crippen LogP contribution in [0.2, 0.25) is 0 Å². The number of aliphatic hydroxyl groups is 1. The van der Waals surface area contributed by atoms with Gasteiger partial charge in [-0.2, -0.15) is 5.10 Å². The van der Waals surface area contributed by atoms with Crippen molar-refractivity contribution in [2.45, 2.75) is 46.2 Å². The molecule has 1 aliphatic carbocycles. The molecule has 9 heteroatoms. The highest BCUT2D eigenvalue weighted by Crippen LogP contribution is 2.37. The van der Waals surface area contributed by atoms with Crippen molar-refractivity contribution >= 4 is 23.1 Å². The zero-order valence-electron chi connectivity index (χ0n) is 24.1. The van der Waals surface area contributed by atoms with Gasteiger partial charge in [0.25, 0.3) is 5.91 Å². The number of amides is 1. The lowest BCUT2D eigenvalue weighted by molar-refractivity contribution is -0.117. The van der Waals surface area contributed by atoms with Gasteiger partial charge in [-0.15, -0.1) is 0 Å². The minimum atomic E-state index is -0.502. The highest BCUT2D eigenvalue weighted by molar-refractivity contribution is 5.97. The topological polar surface area (TPSA) is 91.2 Å². The van der Waals surface area contributed by atoms with Gasteiger partial charge in [-0.25, -0.2) is 13.5 Å². The van der Waals surface area contributed by atoms with Crippen LogP contribution in [-0.4, -0.2) is 20.8 Å². The van der Waals surface area contributed by atoms with Gasteiger partial charge in [0.1, 0.15) is 11.6 Å². The molecule has 0 radical (unpaired) electrons. The van der Waals surface area contributed by atoms with Gasteiger partial charge in [0.2, 0.25) is 0 Å². The van der Waals surface area contributed by atoms with Gasteiger partial charge in [0, 0.05) is 23.4 Å². The van der Waals surface area contributed by atoms with Crippen LogP contribution in [0.25, 0.3) is 11.5 Å². The van der Waals surface area contributed by atoms with Crippen molar-refractivity contribution in [3.63, 3.8) is 0 Å². The first kappa shape index (κ1) is 30.0. The summed E-state index contributed by atoms with van der Waals surface area (Å²) in [5.74, 6) is -1.38. The third kappa shape index (κ3) is 6.35. The number of anilines is 1. The van der Waals surface area contributed by atoms with Crippen LogP contribution in [0.3, 0.4) is 0 Å². The van der Waals surface area contributed by atoms with Crippen molar-refractivity contribution < 1.29 is 18.7 Å². The number of benzene rings is 2. The Morgan fingerprint density at radius 2 is 1.88 bits per heavy atom. The highest BCUT2D eigenvalue weighted by atomic mass is 19.1. The van der Waals surface area contributed by atoms with Crippen LogP contribution in [0.5, 0.6) is 0 Å². The fraction of sp³-hybridized carbons (Fsp3) is 0.212.